The van der Waals surface area contributed by atoms with E-state index in [0.29, 0.717) is 12.2 Å². The summed E-state index contributed by atoms with van der Waals surface area (Å²) in [4.78, 5) is 12.0. The molecule has 0 radical (unpaired) electrons. The van der Waals surface area contributed by atoms with Gasteiger partial charge in [-0.15, -0.1) is 0 Å². The normalized spacial score (nSPS) is 9.57. The summed E-state index contributed by atoms with van der Waals surface area (Å²) in [5, 5.41) is 21.4. The lowest BCUT2D eigenvalue weighted by atomic mass is 10.1. The lowest BCUT2D eigenvalue weighted by molar-refractivity contribution is 0.102. The third-order valence-electron chi connectivity index (χ3n) is 2.64. The molecule has 5 heteroatoms. The number of amides is 1. The first-order chi connectivity index (χ1) is 10.1. The molecule has 0 atom stereocenters. The van der Waals surface area contributed by atoms with Crippen molar-refractivity contribution in [2.45, 2.75) is 0 Å². The highest BCUT2D eigenvalue weighted by atomic mass is 16.3. The standard InChI is InChI=1S/C16H14N2O3/c17-7-1-2-11-3-5-13(6-4-11)18-16(21)12-8-14(19)10-15(20)9-12/h3-6,8-10,19-20H,7,17H2,(H,18,21). The van der Waals surface area contributed by atoms with Crippen molar-refractivity contribution < 1.29 is 15.0 Å². The van der Waals surface area contributed by atoms with Gasteiger partial charge in [0.05, 0.1) is 6.54 Å². The first-order valence-electron chi connectivity index (χ1n) is 6.22. The van der Waals surface area contributed by atoms with Gasteiger partial charge in [0, 0.05) is 22.9 Å². The Morgan fingerprint density at radius 1 is 1.10 bits per heavy atom. The van der Waals surface area contributed by atoms with Gasteiger partial charge in [-0.25, -0.2) is 0 Å². The first kappa shape index (κ1) is 14.4. The largest absolute Gasteiger partial charge is 0.508 e. The quantitative estimate of drug-likeness (QED) is 0.630. The Kier molecular flexibility index (Phi) is 4.44. The van der Waals surface area contributed by atoms with E-state index in [4.69, 9.17) is 5.73 Å². The van der Waals surface area contributed by atoms with Crippen LogP contribution in [0.2, 0.25) is 0 Å². The monoisotopic (exact) mass is 282 g/mol. The summed E-state index contributed by atoms with van der Waals surface area (Å²) in [5.74, 6) is 4.84. The van der Waals surface area contributed by atoms with Gasteiger partial charge < -0.3 is 21.3 Å². The fraction of sp³-hybridized carbons (Fsp3) is 0.0625. The Balaban J connectivity index is 2.12. The van der Waals surface area contributed by atoms with Crippen molar-refractivity contribution in [3.05, 3.63) is 53.6 Å². The van der Waals surface area contributed by atoms with Crippen molar-refractivity contribution in [2.24, 2.45) is 5.73 Å². The minimum Gasteiger partial charge on any atom is -0.508 e. The SMILES string of the molecule is NCC#Cc1ccc(NC(=O)c2cc(O)cc(O)c2)cc1. The van der Waals surface area contributed by atoms with Gasteiger partial charge in [-0.1, -0.05) is 11.8 Å². The molecule has 0 heterocycles. The molecule has 1 amide bonds. The van der Waals surface area contributed by atoms with Crippen LogP contribution in [0.15, 0.2) is 42.5 Å². The lowest BCUT2D eigenvalue weighted by Gasteiger charge is -2.06. The van der Waals surface area contributed by atoms with E-state index in [2.05, 4.69) is 17.2 Å². The molecule has 0 aliphatic heterocycles. The zero-order chi connectivity index (χ0) is 15.2. The lowest BCUT2D eigenvalue weighted by Crippen LogP contribution is -2.11. The van der Waals surface area contributed by atoms with Crippen LogP contribution in [0.4, 0.5) is 5.69 Å². The van der Waals surface area contributed by atoms with Gasteiger partial charge in [0.15, 0.2) is 0 Å². The van der Waals surface area contributed by atoms with Crippen LogP contribution in [0.3, 0.4) is 0 Å². The molecule has 21 heavy (non-hydrogen) atoms. The summed E-state index contributed by atoms with van der Waals surface area (Å²) in [6.45, 7) is 0.291. The highest BCUT2D eigenvalue weighted by molar-refractivity contribution is 6.04. The number of carbonyl (C=O) groups is 1. The van der Waals surface area contributed by atoms with Gasteiger partial charge in [0.1, 0.15) is 11.5 Å². The number of phenols is 2. The smallest absolute Gasteiger partial charge is 0.255 e. The minimum absolute atomic E-state index is 0.166. The van der Waals surface area contributed by atoms with E-state index in [1.807, 2.05) is 0 Å². The molecule has 2 aromatic rings. The van der Waals surface area contributed by atoms with Gasteiger partial charge in [-0.3, -0.25) is 4.79 Å². The molecule has 5 N–H and O–H groups in total. The van der Waals surface area contributed by atoms with Crippen molar-refractivity contribution in [1.82, 2.24) is 0 Å². The molecule has 0 spiro atoms. The van der Waals surface area contributed by atoms with E-state index in [1.54, 1.807) is 24.3 Å². The minimum atomic E-state index is -0.429. The van der Waals surface area contributed by atoms with Gasteiger partial charge in [0.25, 0.3) is 5.91 Å². The maximum absolute atomic E-state index is 12.0. The maximum atomic E-state index is 12.0. The summed E-state index contributed by atoms with van der Waals surface area (Å²) < 4.78 is 0. The van der Waals surface area contributed by atoms with E-state index < -0.39 is 5.91 Å². The Hall–Kier alpha value is -2.97. The molecule has 0 fully saturated rings. The first-order valence-corrected chi connectivity index (χ1v) is 6.22. The molecule has 2 aromatic carbocycles. The molecular formula is C16H14N2O3. The van der Waals surface area contributed by atoms with Crippen LogP contribution in [-0.4, -0.2) is 22.7 Å². The number of aromatic hydroxyl groups is 2. The number of benzene rings is 2. The number of carbonyl (C=O) groups excluding carboxylic acids is 1. The summed E-state index contributed by atoms with van der Waals surface area (Å²) >= 11 is 0. The molecule has 106 valence electrons. The molecule has 0 aliphatic rings. The number of rotatable bonds is 2. The van der Waals surface area contributed by atoms with Crippen LogP contribution in [-0.2, 0) is 0 Å². The van der Waals surface area contributed by atoms with E-state index in [-0.39, 0.29) is 17.1 Å². The van der Waals surface area contributed by atoms with Gasteiger partial charge in [-0.05, 0) is 36.4 Å². The highest BCUT2D eigenvalue weighted by Gasteiger charge is 2.08. The molecule has 0 unspecified atom stereocenters. The van der Waals surface area contributed by atoms with E-state index in [1.165, 1.54) is 12.1 Å². The van der Waals surface area contributed by atoms with Crippen LogP contribution < -0.4 is 11.1 Å². The van der Waals surface area contributed by atoms with Crippen molar-refractivity contribution in [3.8, 4) is 23.3 Å². The summed E-state index contributed by atoms with van der Waals surface area (Å²) in [6.07, 6.45) is 0. The number of phenolic OH excluding ortho intramolecular Hbond substituents is 2. The van der Waals surface area contributed by atoms with Crippen LogP contribution in [0.1, 0.15) is 15.9 Å². The zero-order valence-corrected chi connectivity index (χ0v) is 11.1. The number of nitrogens with one attached hydrogen (secondary N) is 1. The average molecular weight is 282 g/mol. The van der Waals surface area contributed by atoms with Gasteiger partial charge in [-0.2, -0.15) is 0 Å². The second-order valence-electron chi connectivity index (χ2n) is 4.28. The average Bonchev–Trinajstić information content (AvgIpc) is 2.45. The molecule has 0 bridgehead atoms. The molecule has 0 aliphatic carbocycles. The fourth-order valence-corrected chi connectivity index (χ4v) is 1.72. The van der Waals surface area contributed by atoms with E-state index in [0.717, 1.165) is 11.6 Å². The van der Waals surface area contributed by atoms with Crippen molar-refractivity contribution in [1.29, 1.82) is 0 Å². The zero-order valence-electron chi connectivity index (χ0n) is 11.1. The number of hydrogen-bond donors (Lipinski definition) is 4. The third-order valence-corrected chi connectivity index (χ3v) is 2.64. The Labute approximate surface area is 122 Å². The number of nitrogens with two attached hydrogens (primary N) is 1. The highest BCUT2D eigenvalue weighted by Crippen LogP contribution is 2.21. The third kappa shape index (κ3) is 4.00. The molecular weight excluding hydrogens is 268 g/mol. The van der Waals surface area contributed by atoms with Crippen molar-refractivity contribution in [3.63, 3.8) is 0 Å². The van der Waals surface area contributed by atoms with Crippen LogP contribution in [0.25, 0.3) is 0 Å². The van der Waals surface area contributed by atoms with Crippen LogP contribution >= 0.6 is 0 Å². The summed E-state index contributed by atoms with van der Waals surface area (Å²) in [5.41, 5.74) is 6.84. The molecule has 2 rings (SSSR count). The summed E-state index contributed by atoms with van der Waals surface area (Å²) in [6, 6.07) is 10.6. The second kappa shape index (κ2) is 6.46. The van der Waals surface area contributed by atoms with Crippen LogP contribution in [0, 0.1) is 11.8 Å². The number of hydrogen-bond acceptors (Lipinski definition) is 4. The summed E-state index contributed by atoms with van der Waals surface area (Å²) in [7, 11) is 0. The maximum Gasteiger partial charge on any atom is 0.255 e. The second-order valence-corrected chi connectivity index (χ2v) is 4.28. The molecule has 5 nitrogen and oxygen atoms in total. The Morgan fingerprint density at radius 3 is 2.29 bits per heavy atom. The molecule has 0 aromatic heterocycles. The number of anilines is 1. The molecule has 0 saturated heterocycles. The van der Waals surface area contributed by atoms with Gasteiger partial charge in [0.2, 0.25) is 0 Å². The topological polar surface area (TPSA) is 95.6 Å². The fourth-order valence-electron chi connectivity index (χ4n) is 1.72. The van der Waals surface area contributed by atoms with Crippen LogP contribution in [0.5, 0.6) is 11.5 Å². The predicted molar refractivity (Wildman–Crippen MR) is 80.1 cm³/mol. The Bertz CT molecular complexity index is 692. The van der Waals surface area contributed by atoms with Gasteiger partial charge >= 0.3 is 0 Å². The van der Waals surface area contributed by atoms with E-state index >= 15 is 0 Å². The predicted octanol–water partition coefficient (Wildman–Crippen LogP) is 1.66. The Morgan fingerprint density at radius 2 is 1.71 bits per heavy atom. The molecule has 0 saturated carbocycles. The van der Waals surface area contributed by atoms with Crippen molar-refractivity contribution >= 4 is 11.6 Å². The van der Waals surface area contributed by atoms with E-state index in [9.17, 15) is 15.0 Å². The van der Waals surface area contributed by atoms with Crippen molar-refractivity contribution in [2.75, 3.05) is 11.9 Å².